The first kappa shape index (κ1) is 15.1. The van der Waals surface area contributed by atoms with Crippen LogP contribution in [0.25, 0.3) is 0 Å². The van der Waals surface area contributed by atoms with Crippen molar-refractivity contribution in [2.75, 3.05) is 26.2 Å². The SMILES string of the molecule is Cc1ccccc1CN1CCN(C2CCCCCC2)CC1. The number of rotatable bonds is 3. The van der Waals surface area contributed by atoms with Crippen molar-refractivity contribution >= 4 is 0 Å². The van der Waals surface area contributed by atoms with E-state index in [1.165, 1.54) is 75.8 Å². The topological polar surface area (TPSA) is 6.48 Å². The van der Waals surface area contributed by atoms with Gasteiger partial charge in [-0.15, -0.1) is 0 Å². The maximum atomic E-state index is 2.78. The van der Waals surface area contributed by atoms with Crippen LogP contribution in [0.1, 0.15) is 49.7 Å². The fourth-order valence-corrected chi connectivity index (χ4v) is 3.94. The molecule has 1 aliphatic carbocycles. The van der Waals surface area contributed by atoms with Crippen molar-refractivity contribution in [3.8, 4) is 0 Å². The molecule has 1 aromatic carbocycles. The van der Waals surface area contributed by atoms with E-state index in [0.717, 1.165) is 12.6 Å². The molecule has 1 aromatic rings. The Kier molecular flexibility index (Phi) is 5.32. The predicted octanol–water partition coefficient (Wildman–Crippen LogP) is 3.84. The van der Waals surface area contributed by atoms with Gasteiger partial charge in [-0.2, -0.15) is 0 Å². The molecular weight excluding hydrogens is 256 g/mol. The summed E-state index contributed by atoms with van der Waals surface area (Å²) in [6.07, 6.45) is 8.71. The first-order valence-corrected chi connectivity index (χ1v) is 8.84. The third-order valence-electron chi connectivity index (χ3n) is 5.40. The van der Waals surface area contributed by atoms with Crippen LogP contribution in [0.5, 0.6) is 0 Å². The van der Waals surface area contributed by atoms with Gasteiger partial charge in [-0.1, -0.05) is 49.9 Å². The molecule has 0 amide bonds. The molecule has 2 fully saturated rings. The molecule has 1 saturated carbocycles. The third kappa shape index (κ3) is 4.08. The summed E-state index contributed by atoms with van der Waals surface area (Å²) < 4.78 is 0. The molecule has 2 nitrogen and oxygen atoms in total. The molecule has 0 bridgehead atoms. The first-order valence-electron chi connectivity index (χ1n) is 8.84. The van der Waals surface area contributed by atoms with E-state index in [1.807, 2.05) is 0 Å². The Labute approximate surface area is 130 Å². The second-order valence-electron chi connectivity index (χ2n) is 6.88. The normalized spacial score (nSPS) is 23.1. The molecule has 2 aliphatic rings. The summed E-state index contributed by atoms with van der Waals surface area (Å²) in [6, 6.07) is 9.71. The summed E-state index contributed by atoms with van der Waals surface area (Å²) in [5, 5.41) is 0. The smallest absolute Gasteiger partial charge is 0.0237 e. The summed E-state index contributed by atoms with van der Waals surface area (Å²) in [7, 11) is 0. The van der Waals surface area contributed by atoms with Gasteiger partial charge in [0.15, 0.2) is 0 Å². The van der Waals surface area contributed by atoms with Crippen molar-refractivity contribution in [1.29, 1.82) is 0 Å². The van der Waals surface area contributed by atoms with Crippen LogP contribution in [0.2, 0.25) is 0 Å². The van der Waals surface area contributed by atoms with Crippen LogP contribution in [0.15, 0.2) is 24.3 Å². The number of piperazine rings is 1. The fourth-order valence-electron chi connectivity index (χ4n) is 3.94. The standard InChI is InChI=1S/C19H30N2/c1-17-8-6-7-9-18(17)16-20-12-14-21(15-13-20)19-10-4-2-3-5-11-19/h6-9,19H,2-5,10-16H2,1H3. The molecule has 21 heavy (non-hydrogen) atoms. The lowest BCUT2D eigenvalue weighted by Gasteiger charge is -2.39. The molecule has 0 N–H and O–H groups in total. The minimum Gasteiger partial charge on any atom is -0.298 e. The van der Waals surface area contributed by atoms with Gasteiger partial charge in [-0.3, -0.25) is 9.80 Å². The Morgan fingerprint density at radius 3 is 2.24 bits per heavy atom. The Balaban J connectivity index is 1.49. The van der Waals surface area contributed by atoms with Gasteiger partial charge in [-0.25, -0.2) is 0 Å². The van der Waals surface area contributed by atoms with E-state index in [0.29, 0.717) is 0 Å². The average Bonchev–Trinajstić information content (AvgIpc) is 2.80. The Morgan fingerprint density at radius 1 is 0.905 bits per heavy atom. The lowest BCUT2D eigenvalue weighted by Crippen LogP contribution is -2.49. The van der Waals surface area contributed by atoms with Crippen LogP contribution in [-0.2, 0) is 6.54 Å². The maximum absolute atomic E-state index is 2.78. The van der Waals surface area contributed by atoms with Crippen LogP contribution in [0, 0.1) is 6.92 Å². The number of aryl methyl sites for hydroxylation is 1. The zero-order valence-electron chi connectivity index (χ0n) is 13.6. The maximum Gasteiger partial charge on any atom is 0.0237 e. The summed E-state index contributed by atoms with van der Waals surface area (Å²) in [5.41, 5.74) is 2.93. The summed E-state index contributed by atoms with van der Waals surface area (Å²) >= 11 is 0. The molecule has 1 heterocycles. The van der Waals surface area contributed by atoms with Crippen molar-refractivity contribution in [3.63, 3.8) is 0 Å². The van der Waals surface area contributed by atoms with E-state index in [-0.39, 0.29) is 0 Å². The second kappa shape index (κ2) is 7.42. The summed E-state index contributed by atoms with van der Waals surface area (Å²) in [5.74, 6) is 0. The predicted molar refractivity (Wildman–Crippen MR) is 89.5 cm³/mol. The van der Waals surface area contributed by atoms with Crippen molar-refractivity contribution in [2.24, 2.45) is 0 Å². The van der Waals surface area contributed by atoms with E-state index in [1.54, 1.807) is 0 Å². The zero-order valence-corrected chi connectivity index (χ0v) is 13.6. The van der Waals surface area contributed by atoms with Gasteiger partial charge in [0.1, 0.15) is 0 Å². The van der Waals surface area contributed by atoms with Crippen molar-refractivity contribution in [3.05, 3.63) is 35.4 Å². The lowest BCUT2D eigenvalue weighted by molar-refractivity contribution is 0.0850. The number of benzene rings is 1. The van der Waals surface area contributed by atoms with Crippen LogP contribution in [0.3, 0.4) is 0 Å². The Morgan fingerprint density at radius 2 is 1.57 bits per heavy atom. The van der Waals surface area contributed by atoms with Gasteiger partial charge < -0.3 is 0 Å². The molecule has 0 aromatic heterocycles. The number of nitrogens with zero attached hydrogens (tertiary/aromatic N) is 2. The van der Waals surface area contributed by atoms with Crippen LogP contribution >= 0.6 is 0 Å². The molecule has 0 atom stereocenters. The van der Waals surface area contributed by atoms with Crippen LogP contribution < -0.4 is 0 Å². The van der Waals surface area contributed by atoms with Gasteiger partial charge >= 0.3 is 0 Å². The van der Waals surface area contributed by atoms with Gasteiger partial charge in [0, 0.05) is 38.8 Å². The van der Waals surface area contributed by atoms with Crippen LogP contribution in [-0.4, -0.2) is 42.0 Å². The Bertz CT molecular complexity index is 427. The van der Waals surface area contributed by atoms with Crippen molar-refractivity contribution < 1.29 is 0 Å². The van der Waals surface area contributed by atoms with Gasteiger partial charge in [0.25, 0.3) is 0 Å². The minimum absolute atomic E-state index is 0.883. The number of hydrogen-bond acceptors (Lipinski definition) is 2. The molecular formula is C19H30N2. The van der Waals surface area contributed by atoms with E-state index < -0.39 is 0 Å². The molecule has 1 saturated heterocycles. The quantitative estimate of drug-likeness (QED) is 0.779. The highest BCUT2D eigenvalue weighted by Gasteiger charge is 2.24. The molecule has 2 heteroatoms. The third-order valence-corrected chi connectivity index (χ3v) is 5.40. The highest BCUT2D eigenvalue weighted by molar-refractivity contribution is 5.25. The first-order chi connectivity index (χ1) is 10.3. The monoisotopic (exact) mass is 286 g/mol. The van der Waals surface area contributed by atoms with E-state index in [2.05, 4.69) is 41.0 Å². The molecule has 0 radical (unpaired) electrons. The largest absolute Gasteiger partial charge is 0.298 e. The molecule has 0 spiro atoms. The van der Waals surface area contributed by atoms with Gasteiger partial charge in [0.2, 0.25) is 0 Å². The molecule has 116 valence electrons. The van der Waals surface area contributed by atoms with Crippen LogP contribution in [0.4, 0.5) is 0 Å². The minimum atomic E-state index is 0.883. The fraction of sp³-hybridized carbons (Fsp3) is 0.684. The highest BCUT2D eigenvalue weighted by atomic mass is 15.3. The number of hydrogen-bond donors (Lipinski definition) is 0. The summed E-state index contributed by atoms with van der Waals surface area (Å²) in [6.45, 7) is 8.39. The van der Waals surface area contributed by atoms with E-state index >= 15 is 0 Å². The zero-order chi connectivity index (χ0) is 14.5. The second-order valence-corrected chi connectivity index (χ2v) is 6.88. The van der Waals surface area contributed by atoms with Crippen molar-refractivity contribution in [1.82, 2.24) is 9.80 Å². The molecule has 0 unspecified atom stereocenters. The average molecular weight is 286 g/mol. The molecule has 1 aliphatic heterocycles. The van der Waals surface area contributed by atoms with Gasteiger partial charge in [-0.05, 0) is 30.9 Å². The van der Waals surface area contributed by atoms with Gasteiger partial charge in [0.05, 0.1) is 0 Å². The van der Waals surface area contributed by atoms with E-state index in [9.17, 15) is 0 Å². The lowest BCUT2D eigenvalue weighted by atomic mass is 10.1. The Hall–Kier alpha value is -0.860. The van der Waals surface area contributed by atoms with Crippen molar-refractivity contribution in [2.45, 2.75) is 58.0 Å². The molecule has 3 rings (SSSR count). The summed E-state index contributed by atoms with van der Waals surface area (Å²) in [4.78, 5) is 5.41. The van der Waals surface area contributed by atoms with E-state index in [4.69, 9.17) is 0 Å². The highest BCUT2D eigenvalue weighted by Crippen LogP contribution is 2.23.